The summed E-state index contributed by atoms with van der Waals surface area (Å²) in [5, 5.41) is 8.73. The number of carboxylic acid groups (broad SMARTS) is 1. The van der Waals surface area contributed by atoms with Gasteiger partial charge in [-0.3, -0.25) is 4.79 Å². The van der Waals surface area contributed by atoms with E-state index < -0.39 is 5.97 Å². The molecule has 0 unspecified atom stereocenters. The Morgan fingerprint density at radius 1 is 1.10 bits per heavy atom. The molecule has 1 aromatic rings. The minimum Gasteiger partial charge on any atom is -0.481 e. The molecule has 0 radical (unpaired) electrons. The number of aliphatic carboxylic acids is 1. The Morgan fingerprint density at radius 3 is 2.48 bits per heavy atom. The van der Waals surface area contributed by atoms with E-state index in [4.69, 9.17) is 5.11 Å². The van der Waals surface area contributed by atoms with E-state index in [0.717, 1.165) is 38.4 Å². The van der Waals surface area contributed by atoms with Gasteiger partial charge in [-0.05, 0) is 44.2 Å². The molecule has 1 N–H and O–H groups in total. The van der Waals surface area contributed by atoms with Crippen LogP contribution in [0.25, 0.3) is 0 Å². The number of unbranched alkanes of at least 4 members (excludes halogenated alkanes) is 1. The Labute approximate surface area is 128 Å². The highest BCUT2D eigenvalue weighted by Crippen LogP contribution is 2.24. The molecule has 1 aromatic carbocycles. The number of carboxylic acids is 1. The normalized spacial score (nSPS) is 15.7. The van der Waals surface area contributed by atoms with Crippen molar-refractivity contribution in [3.63, 3.8) is 0 Å². The second-order valence-electron chi connectivity index (χ2n) is 6.06. The van der Waals surface area contributed by atoms with Gasteiger partial charge in [0.1, 0.15) is 0 Å². The summed E-state index contributed by atoms with van der Waals surface area (Å²) in [5.74, 6) is -0.674. The molecule has 1 fully saturated rings. The van der Waals surface area contributed by atoms with Gasteiger partial charge in [-0.2, -0.15) is 0 Å². The van der Waals surface area contributed by atoms with E-state index in [0.29, 0.717) is 6.42 Å². The molecule has 1 aliphatic carbocycles. The van der Waals surface area contributed by atoms with E-state index in [9.17, 15) is 4.79 Å². The first-order valence-electron chi connectivity index (χ1n) is 8.25. The summed E-state index contributed by atoms with van der Waals surface area (Å²) in [7, 11) is 0. The standard InChI is InChI=1S/C18H27NO2/c20-18(21)12-6-7-14-19(17-10-4-5-11-17)15-13-16-8-2-1-3-9-16/h1-3,8-9,17H,4-7,10-15H2,(H,20,21). The highest BCUT2D eigenvalue weighted by atomic mass is 16.4. The zero-order valence-electron chi connectivity index (χ0n) is 12.8. The molecule has 0 spiro atoms. The molecule has 0 aromatic heterocycles. The second kappa shape index (κ2) is 8.83. The third kappa shape index (κ3) is 5.88. The van der Waals surface area contributed by atoms with Crippen molar-refractivity contribution in [3.05, 3.63) is 35.9 Å². The largest absolute Gasteiger partial charge is 0.481 e. The first-order chi connectivity index (χ1) is 10.3. The molecule has 21 heavy (non-hydrogen) atoms. The second-order valence-corrected chi connectivity index (χ2v) is 6.06. The van der Waals surface area contributed by atoms with E-state index >= 15 is 0 Å². The summed E-state index contributed by atoms with van der Waals surface area (Å²) in [4.78, 5) is 13.2. The Morgan fingerprint density at radius 2 is 1.81 bits per heavy atom. The topological polar surface area (TPSA) is 40.5 Å². The third-order valence-corrected chi connectivity index (χ3v) is 4.46. The first kappa shape index (κ1) is 16.0. The van der Waals surface area contributed by atoms with Crippen molar-refractivity contribution in [1.29, 1.82) is 0 Å². The SMILES string of the molecule is O=C(O)CCCCN(CCc1ccccc1)C1CCCC1. The lowest BCUT2D eigenvalue weighted by molar-refractivity contribution is -0.137. The predicted molar refractivity (Wildman–Crippen MR) is 85.5 cm³/mol. The molecule has 0 atom stereocenters. The highest BCUT2D eigenvalue weighted by Gasteiger charge is 2.21. The molecule has 0 aliphatic heterocycles. The van der Waals surface area contributed by atoms with E-state index in [1.165, 1.54) is 31.2 Å². The number of rotatable bonds is 9. The third-order valence-electron chi connectivity index (χ3n) is 4.46. The van der Waals surface area contributed by atoms with Crippen LogP contribution in [-0.4, -0.2) is 35.1 Å². The molecule has 1 aliphatic rings. The first-order valence-corrected chi connectivity index (χ1v) is 8.25. The quantitative estimate of drug-likeness (QED) is 0.704. The molecule has 2 rings (SSSR count). The molecule has 0 bridgehead atoms. The highest BCUT2D eigenvalue weighted by molar-refractivity contribution is 5.66. The van der Waals surface area contributed by atoms with Crippen LogP contribution in [0, 0.1) is 0 Å². The van der Waals surface area contributed by atoms with Gasteiger partial charge in [-0.15, -0.1) is 0 Å². The van der Waals surface area contributed by atoms with Gasteiger partial charge in [0.05, 0.1) is 0 Å². The number of carbonyl (C=O) groups is 1. The van der Waals surface area contributed by atoms with E-state index in [1.54, 1.807) is 0 Å². The molecule has 3 heteroatoms. The fourth-order valence-electron chi connectivity index (χ4n) is 3.25. The van der Waals surface area contributed by atoms with Crippen molar-refractivity contribution in [2.24, 2.45) is 0 Å². The summed E-state index contributed by atoms with van der Waals surface area (Å²) in [6, 6.07) is 11.4. The van der Waals surface area contributed by atoms with Crippen molar-refractivity contribution in [2.45, 2.75) is 57.4 Å². The van der Waals surface area contributed by atoms with Crippen LogP contribution >= 0.6 is 0 Å². The molecule has 0 amide bonds. The Kier molecular flexibility index (Phi) is 6.74. The summed E-state index contributed by atoms with van der Waals surface area (Å²) in [6.45, 7) is 2.15. The lowest BCUT2D eigenvalue weighted by Gasteiger charge is -2.29. The van der Waals surface area contributed by atoms with Gasteiger partial charge in [0.15, 0.2) is 0 Å². The van der Waals surface area contributed by atoms with Gasteiger partial charge in [0, 0.05) is 19.0 Å². The average Bonchev–Trinajstić information content (AvgIpc) is 3.01. The smallest absolute Gasteiger partial charge is 0.303 e. The number of hydrogen-bond acceptors (Lipinski definition) is 2. The van der Waals surface area contributed by atoms with Crippen molar-refractivity contribution in [3.8, 4) is 0 Å². The predicted octanol–water partition coefficient (Wildman–Crippen LogP) is 3.73. The Bertz CT molecular complexity index is 412. The molecule has 1 saturated carbocycles. The molecular weight excluding hydrogens is 262 g/mol. The lowest BCUT2D eigenvalue weighted by Crippen LogP contribution is -2.35. The minimum atomic E-state index is -0.674. The summed E-state index contributed by atoms with van der Waals surface area (Å²) in [5.41, 5.74) is 1.39. The van der Waals surface area contributed by atoms with Crippen LogP contribution in [0.1, 0.15) is 50.5 Å². The summed E-state index contributed by atoms with van der Waals surface area (Å²) in [6.07, 6.45) is 8.51. The number of hydrogen-bond donors (Lipinski definition) is 1. The zero-order chi connectivity index (χ0) is 14.9. The zero-order valence-corrected chi connectivity index (χ0v) is 12.8. The maximum Gasteiger partial charge on any atom is 0.303 e. The van der Waals surface area contributed by atoms with Crippen molar-refractivity contribution >= 4 is 5.97 Å². The van der Waals surface area contributed by atoms with Gasteiger partial charge in [0.2, 0.25) is 0 Å². The van der Waals surface area contributed by atoms with Gasteiger partial charge >= 0.3 is 5.97 Å². The molecule has 0 saturated heterocycles. The fraction of sp³-hybridized carbons (Fsp3) is 0.611. The molecule has 3 nitrogen and oxygen atoms in total. The van der Waals surface area contributed by atoms with Crippen LogP contribution in [0.5, 0.6) is 0 Å². The van der Waals surface area contributed by atoms with E-state index in [-0.39, 0.29) is 0 Å². The Balaban J connectivity index is 1.79. The van der Waals surface area contributed by atoms with Crippen LogP contribution in [0.15, 0.2) is 30.3 Å². The van der Waals surface area contributed by atoms with Crippen molar-refractivity contribution in [2.75, 3.05) is 13.1 Å². The van der Waals surface area contributed by atoms with E-state index in [1.807, 2.05) is 0 Å². The van der Waals surface area contributed by atoms with Crippen LogP contribution in [-0.2, 0) is 11.2 Å². The monoisotopic (exact) mass is 289 g/mol. The van der Waals surface area contributed by atoms with Gasteiger partial charge < -0.3 is 10.0 Å². The van der Waals surface area contributed by atoms with Crippen molar-refractivity contribution in [1.82, 2.24) is 4.90 Å². The molecular formula is C18H27NO2. The number of nitrogens with zero attached hydrogens (tertiary/aromatic N) is 1. The van der Waals surface area contributed by atoms with Crippen molar-refractivity contribution < 1.29 is 9.90 Å². The fourth-order valence-corrected chi connectivity index (χ4v) is 3.25. The maximum absolute atomic E-state index is 10.6. The van der Waals surface area contributed by atoms with Gasteiger partial charge in [0.25, 0.3) is 0 Å². The van der Waals surface area contributed by atoms with Crippen LogP contribution < -0.4 is 0 Å². The summed E-state index contributed by atoms with van der Waals surface area (Å²) >= 11 is 0. The van der Waals surface area contributed by atoms with Crippen LogP contribution in [0.2, 0.25) is 0 Å². The molecule has 116 valence electrons. The van der Waals surface area contributed by atoms with Crippen LogP contribution in [0.4, 0.5) is 0 Å². The molecule has 0 heterocycles. The van der Waals surface area contributed by atoms with Gasteiger partial charge in [-0.25, -0.2) is 0 Å². The number of benzene rings is 1. The maximum atomic E-state index is 10.6. The minimum absolute atomic E-state index is 0.303. The average molecular weight is 289 g/mol. The van der Waals surface area contributed by atoms with E-state index in [2.05, 4.69) is 35.2 Å². The Hall–Kier alpha value is -1.35. The van der Waals surface area contributed by atoms with Gasteiger partial charge in [-0.1, -0.05) is 43.2 Å². The summed E-state index contributed by atoms with van der Waals surface area (Å²) < 4.78 is 0. The lowest BCUT2D eigenvalue weighted by atomic mass is 10.1. The van der Waals surface area contributed by atoms with Crippen LogP contribution in [0.3, 0.4) is 0 Å².